The summed E-state index contributed by atoms with van der Waals surface area (Å²) in [5, 5.41) is 62.1. The van der Waals surface area contributed by atoms with Crippen molar-refractivity contribution in [3.63, 3.8) is 0 Å². The summed E-state index contributed by atoms with van der Waals surface area (Å²) < 4.78 is 207. The number of phenols is 1. The molecule has 58 heteroatoms. The number of hydroxylamine groups is 1. The minimum absolute atomic E-state index is 0. The van der Waals surface area contributed by atoms with Crippen molar-refractivity contribution in [3.05, 3.63) is 188 Å². The molecule has 0 bridgehead atoms. The Hall–Kier alpha value is -7.08. The van der Waals surface area contributed by atoms with E-state index in [1.807, 2.05) is 78.9 Å². The van der Waals surface area contributed by atoms with Crippen LogP contribution in [0.25, 0.3) is 27.3 Å². The summed E-state index contributed by atoms with van der Waals surface area (Å²) >= 11 is 4.35. The monoisotopic (exact) mass is 2260 g/mol. The average molecular weight is 2260 g/mol. The molecule has 0 unspecified atom stereocenters. The van der Waals surface area contributed by atoms with E-state index in [4.69, 9.17) is 76.6 Å². The number of phenolic OH excluding ortho intramolecular Hbond substituents is 1. The molecule has 0 saturated heterocycles. The summed E-state index contributed by atoms with van der Waals surface area (Å²) in [7, 11) is -27.4. The molecule has 2 aliphatic rings. The van der Waals surface area contributed by atoms with Crippen LogP contribution in [0, 0.1) is 8.98 Å². The number of benzene rings is 5. The Kier molecular flexibility index (Phi) is 74.9. The zero-order valence-corrected chi connectivity index (χ0v) is 88.3. The zero-order valence-electron chi connectivity index (χ0n) is 76.0. The van der Waals surface area contributed by atoms with Gasteiger partial charge in [-0.1, -0.05) is 163 Å². The van der Waals surface area contributed by atoms with E-state index in [0.29, 0.717) is 68.3 Å². The standard InChI is InChI=1S/C15H19NO2.C14H17NO2.C12H17IN2O4S.C12H18N2O5S.C9H10N4O4S2.C6H15NO3S.C5H13NO3S.C4H10N2O3S2.C3H7N3O3S.ClH.Na/c17-15(18)7-4-10-16-11-8-14(9-12-16)13-5-2-1-3-6-13;16-14(17)8-11-15-9-6-13(7-10-15)12-4-2-1-3-5-12;13-10-4-2-9(3-5-10)8-11(12(14)16)15-6-1-7-20(17,18)19;15-12(14-16)11(9-10-5-2-1-3-6-10)13-7-4-8-20(17,18)19;14-8-3-1-7(2-4-8)13-9(10-11-12-13)18-5-6-19(15,16)17;7-5-3-1-2-4-6-11(8,9)10;6-4-2-1-3-5-10(7,8)9;5-4(6)10-2-1-3-11(7,8)9;4-6-5-2-1-3-10(7,8)9;;/h1-3,5-6,8H,4,7,9-12H2,(H,17,18);1-6H,7-11H2,(H,16,17);2-5,11,15H,1,6-8H2,(H2,14,16)(H,17,18,19);1-3,5-6,11,13,16H,4,7-9H2,(H,14,15)(H,17,18,19);1-4,14H,5-6H2,(H,15,16,17);1-7H2,(H,8,9,10);1-6H2,(H,7,8,9);1-3H2,(H3,5,6)(H,7,8,9);1-3H2,(H,7,8,9);1H;/q;;;;;;;;;;+1/p-1/t;;2*11-;;;;;;;/m..00......./s1. The third kappa shape index (κ3) is 81.5. The van der Waals surface area contributed by atoms with Crippen molar-refractivity contribution in [1.82, 2.24) is 46.1 Å². The molecule has 0 saturated carbocycles. The van der Waals surface area contributed by atoms with Gasteiger partial charge in [-0.25, -0.2) is 13.9 Å². The molecule has 138 heavy (non-hydrogen) atoms. The van der Waals surface area contributed by atoms with E-state index in [0.717, 1.165) is 122 Å². The number of aromatic nitrogens is 4. The molecular weight excluding hydrogens is 2140 g/mol. The summed E-state index contributed by atoms with van der Waals surface area (Å²) in [5.74, 6) is -3.91. The number of rotatable bonds is 49. The maximum Gasteiger partial charge on any atom is 1.00 e. The molecule has 1 aromatic heterocycles. The third-order valence-corrected chi connectivity index (χ3v) is 26.1. The van der Waals surface area contributed by atoms with Crippen LogP contribution >= 0.6 is 58.5 Å². The fourth-order valence-electron chi connectivity index (χ4n) is 11.2. The molecule has 0 spiro atoms. The summed E-state index contributed by atoms with van der Waals surface area (Å²) in [6.07, 6.45) is 14.6. The summed E-state index contributed by atoms with van der Waals surface area (Å²) in [6, 6.07) is 42.7. The number of primary amides is 1. The molecule has 2 aliphatic heterocycles. The van der Waals surface area contributed by atoms with Gasteiger partial charge in [-0.2, -0.15) is 55.2 Å². The predicted molar refractivity (Wildman–Crippen MR) is 535 cm³/mol. The number of thioether (sulfide) groups is 2. The fraction of sp³-hybridized carbons (Fsp3) is 0.500. The van der Waals surface area contributed by atoms with E-state index in [1.54, 1.807) is 17.6 Å². The molecule has 0 radical (unpaired) electrons. The van der Waals surface area contributed by atoms with Gasteiger partial charge in [0.15, 0.2) is 5.17 Å². The quantitative estimate of drug-likeness (QED) is 0.00210. The van der Waals surface area contributed by atoms with E-state index in [9.17, 15) is 87.8 Å². The normalized spacial score (nSPS) is 13.0. The van der Waals surface area contributed by atoms with E-state index < -0.39 is 112 Å². The van der Waals surface area contributed by atoms with Crippen molar-refractivity contribution in [3.8, 4) is 11.4 Å². The topological polar surface area (TPSA) is 795 Å². The van der Waals surface area contributed by atoms with Gasteiger partial charge in [-0.05, 0) is 225 Å². The molecule has 2 atom stereocenters. The maximum absolute atomic E-state index is 11.5. The van der Waals surface area contributed by atoms with Crippen LogP contribution in [-0.4, -0.2) is 306 Å². The number of amides is 2. The van der Waals surface area contributed by atoms with Crippen molar-refractivity contribution < 1.29 is 160 Å². The Labute approximate surface area is 857 Å². The fourth-order valence-corrected chi connectivity index (χ4v) is 17.1. The number of aliphatic carboxylic acids is 2. The SMILES string of the molecule is Cl.N=C(N)SCCCS(=O)(=O)O.NC(=O)[C@H](Cc1ccc(I)cc1)NCCCS(=O)(=O)O.NCCCCCCS(=O)(=O)O.NCCCCCS(=O)(=O)O.O=C(NO)[C@H](Cc1ccccc1)NCCCS(=O)(=O)O.O=C(O)CCCN1CC=C(c2ccccc2)CC1.O=C(O)CCN1CC=C(c2ccccc2)CC1.O=S(=O)(O)CCSc1nnnn1-c1ccc(O)cc1.[N-]=[N+]=NCCCS(=O)(=O)[O-].[Na+]. The van der Waals surface area contributed by atoms with E-state index >= 15 is 0 Å². The first-order valence-electron chi connectivity index (χ1n) is 41.8. The van der Waals surface area contributed by atoms with Gasteiger partial charge in [-0.3, -0.25) is 66.9 Å². The number of nitrogens with zero attached hydrogens (tertiary/aromatic N) is 9. The summed E-state index contributed by atoms with van der Waals surface area (Å²) in [6.45, 7) is 7.09. The number of halogens is 2. The van der Waals surface area contributed by atoms with Crippen LogP contribution in [0.4, 0.5) is 0 Å². The summed E-state index contributed by atoms with van der Waals surface area (Å²) in [4.78, 5) is 50.7. The van der Waals surface area contributed by atoms with Gasteiger partial charge in [-0.15, -0.1) is 17.5 Å². The number of hydrogen-bond donors (Lipinski definition) is 18. The van der Waals surface area contributed by atoms with Crippen LogP contribution in [0.5, 0.6) is 5.75 Å². The van der Waals surface area contributed by atoms with Crippen molar-refractivity contribution in [1.29, 1.82) is 5.41 Å². The average Bonchev–Trinajstić information content (AvgIpc) is 1.71. The van der Waals surface area contributed by atoms with Gasteiger partial charge in [0, 0.05) is 71.4 Å². The number of nitrogens with two attached hydrogens (primary N) is 4. The first-order chi connectivity index (χ1) is 63.8. The number of nitrogens with one attached hydrogen (secondary N) is 4. The second-order valence-corrected chi connectivity index (χ2v) is 43.6. The van der Waals surface area contributed by atoms with Gasteiger partial charge in [0.1, 0.15) is 5.75 Å². The van der Waals surface area contributed by atoms with Crippen molar-refractivity contribution in [2.75, 3.05) is 124 Å². The van der Waals surface area contributed by atoms with Gasteiger partial charge in [0.25, 0.3) is 66.6 Å². The molecule has 5 aromatic carbocycles. The number of azide groups is 1. The van der Waals surface area contributed by atoms with Gasteiger partial charge >= 0.3 is 41.5 Å². The van der Waals surface area contributed by atoms with Crippen molar-refractivity contribution in [2.45, 2.75) is 133 Å². The van der Waals surface area contributed by atoms with Gasteiger partial charge in [0.05, 0.1) is 68.8 Å². The van der Waals surface area contributed by atoms with E-state index in [1.165, 1.54) is 39.1 Å². The Balaban J connectivity index is -0.00000150. The molecule has 46 nitrogen and oxygen atoms in total. The molecule has 0 fully saturated rings. The number of unbranched alkanes of at least 4 members (excludes halogenated alkanes) is 5. The minimum atomic E-state index is -4.14. The van der Waals surface area contributed by atoms with Crippen LogP contribution in [0.15, 0.2) is 162 Å². The number of hydrogen-bond acceptors (Lipinski definition) is 34. The number of carbonyl (C=O) groups excluding carboxylic acids is 2. The summed E-state index contributed by atoms with van der Waals surface area (Å²) in [5.41, 5.74) is 37.9. The third-order valence-electron chi connectivity index (χ3n) is 17.8. The molecular formula is C80H126ClIN17NaO29S9. The number of aromatic hydroxyl groups is 1. The van der Waals surface area contributed by atoms with Gasteiger partial charge in [0.2, 0.25) is 11.1 Å². The first-order valence-corrected chi connectivity index (χ1v) is 56.1. The Morgan fingerprint density at radius 1 is 0.536 bits per heavy atom. The van der Waals surface area contributed by atoms with Crippen molar-refractivity contribution >= 4 is 169 Å². The van der Waals surface area contributed by atoms with Crippen LogP contribution < -0.4 is 68.6 Å². The molecule has 22 N–H and O–H groups in total. The van der Waals surface area contributed by atoms with Crippen LogP contribution in [0.1, 0.15) is 125 Å². The van der Waals surface area contributed by atoms with E-state index in [-0.39, 0.29) is 145 Å². The number of tetrazole rings is 1. The Bertz CT molecular complexity index is 5420. The minimum Gasteiger partial charge on any atom is -0.748 e. The number of carbonyl (C=O) groups is 4. The van der Waals surface area contributed by atoms with Crippen molar-refractivity contribution in [2.24, 2.45) is 28.0 Å². The smallest absolute Gasteiger partial charge is 0.748 e. The Morgan fingerprint density at radius 3 is 1.37 bits per heavy atom. The molecule has 3 heterocycles. The first kappa shape index (κ1) is 135. The molecule has 0 aliphatic carbocycles. The maximum atomic E-state index is 11.5. The van der Waals surface area contributed by atoms with Crippen LogP contribution in [0.3, 0.4) is 0 Å². The molecule has 774 valence electrons. The Morgan fingerprint density at radius 2 is 0.957 bits per heavy atom. The zero-order chi connectivity index (χ0) is 103. The predicted octanol–water partition coefficient (Wildman–Crippen LogP) is 3.71. The second kappa shape index (κ2) is 76.6. The molecule has 6 aromatic rings. The largest absolute Gasteiger partial charge is 1.00 e. The van der Waals surface area contributed by atoms with Crippen LogP contribution in [0.2, 0.25) is 0 Å². The number of amidine groups is 1. The number of carboxylic acid groups (broad SMARTS) is 2. The second-order valence-electron chi connectivity index (χ2n) is 29.2. The molecule has 2 amide bonds. The van der Waals surface area contributed by atoms with E-state index in [2.05, 4.69) is 117 Å². The van der Waals surface area contributed by atoms with Crippen LogP contribution in [-0.2, 0) is 103 Å². The number of carboxylic acids is 2. The van der Waals surface area contributed by atoms with Gasteiger partial charge < -0.3 is 53.4 Å². The molecule has 8 rings (SSSR count).